The Balaban J connectivity index is 2.59. The smallest absolute Gasteiger partial charge is 0.0981 e. The molecule has 3 heteroatoms. The van der Waals surface area contributed by atoms with Crippen LogP contribution in [0.3, 0.4) is 0 Å². The van der Waals surface area contributed by atoms with E-state index in [1.54, 1.807) is 18.7 Å². The van der Waals surface area contributed by atoms with E-state index >= 15 is 0 Å². The molecule has 0 aliphatic carbocycles. The molecule has 0 atom stereocenters. The van der Waals surface area contributed by atoms with Gasteiger partial charge in [-0.25, -0.2) is 0 Å². The SMILES string of the molecule is Cc1nccc(-c2ccoc2)c1N. The van der Waals surface area contributed by atoms with Gasteiger partial charge in [0.25, 0.3) is 0 Å². The summed E-state index contributed by atoms with van der Waals surface area (Å²) >= 11 is 0. The first-order valence-corrected chi connectivity index (χ1v) is 4.02. The minimum atomic E-state index is 0.712. The van der Waals surface area contributed by atoms with Crippen LogP contribution in [-0.2, 0) is 0 Å². The second-order valence-corrected chi connectivity index (χ2v) is 2.87. The molecule has 0 unspecified atom stereocenters. The average molecular weight is 174 g/mol. The Morgan fingerprint density at radius 2 is 2.23 bits per heavy atom. The number of nitrogen functional groups attached to an aromatic ring is 1. The number of anilines is 1. The molecule has 0 bridgehead atoms. The van der Waals surface area contributed by atoms with Crippen molar-refractivity contribution < 1.29 is 4.42 Å². The van der Waals surface area contributed by atoms with Crippen LogP contribution in [0.1, 0.15) is 5.69 Å². The summed E-state index contributed by atoms with van der Waals surface area (Å²) in [6, 6.07) is 3.76. The average Bonchev–Trinajstić information content (AvgIpc) is 2.62. The molecule has 2 rings (SSSR count). The van der Waals surface area contributed by atoms with Crippen molar-refractivity contribution >= 4 is 5.69 Å². The first-order chi connectivity index (χ1) is 6.29. The lowest BCUT2D eigenvalue weighted by Gasteiger charge is -2.04. The largest absolute Gasteiger partial charge is 0.472 e. The van der Waals surface area contributed by atoms with Gasteiger partial charge in [0, 0.05) is 17.3 Å². The van der Waals surface area contributed by atoms with E-state index in [2.05, 4.69) is 4.98 Å². The summed E-state index contributed by atoms with van der Waals surface area (Å²) in [6.45, 7) is 1.89. The fourth-order valence-electron chi connectivity index (χ4n) is 1.25. The van der Waals surface area contributed by atoms with Gasteiger partial charge in [-0.15, -0.1) is 0 Å². The van der Waals surface area contributed by atoms with Crippen molar-refractivity contribution in [1.82, 2.24) is 4.98 Å². The van der Waals surface area contributed by atoms with Crippen LogP contribution in [0.4, 0.5) is 5.69 Å². The summed E-state index contributed by atoms with van der Waals surface area (Å²) in [5.74, 6) is 0. The maximum absolute atomic E-state index is 5.87. The molecule has 2 N–H and O–H groups in total. The molecule has 2 heterocycles. The van der Waals surface area contributed by atoms with Gasteiger partial charge >= 0.3 is 0 Å². The van der Waals surface area contributed by atoms with Crippen LogP contribution >= 0.6 is 0 Å². The molecule has 0 aromatic carbocycles. The Kier molecular flexibility index (Phi) is 1.77. The standard InChI is InChI=1S/C10H10N2O/c1-7-10(11)9(2-4-12-7)8-3-5-13-6-8/h2-6H,11H2,1H3. The van der Waals surface area contributed by atoms with Crippen molar-refractivity contribution in [2.24, 2.45) is 0 Å². The molecule has 2 aromatic heterocycles. The number of rotatable bonds is 1. The van der Waals surface area contributed by atoms with Crippen LogP contribution in [0.15, 0.2) is 35.3 Å². The first-order valence-electron chi connectivity index (χ1n) is 4.02. The van der Waals surface area contributed by atoms with Gasteiger partial charge in [0.1, 0.15) is 0 Å². The third kappa shape index (κ3) is 1.28. The molecule has 2 aromatic rings. The van der Waals surface area contributed by atoms with Crippen LogP contribution in [0.2, 0.25) is 0 Å². The minimum Gasteiger partial charge on any atom is -0.472 e. The molecular formula is C10H10N2O. The molecule has 66 valence electrons. The number of pyridine rings is 1. The first kappa shape index (κ1) is 7.86. The van der Waals surface area contributed by atoms with Crippen LogP contribution < -0.4 is 5.73 Å². The highest BCUT2D eigenvalue weighted by Crippen LogP contribution is 2.26. The van der Waals surface area contributed by atoms with E-state index in [1.807, 2.05) is 19.1 Å². The topological polar surface area (TPSA) is 52.0 Å². The predicted octanol–water partition coefficient (Wildman–Crippen LogP) is 2.23. The Bertz CT molecular complexity index is 407. The fourth-order valence-corrected chi connectivity index (χ4v) is 1.25. The highest BCUT2D eigenvalue weighted by Gasteiger charge is 2.05. The lowest BCUT2D eigenvalue weighted by molar-refractivity contribution is 0.568. The summed E-state index contributed by atoms with van der Waals surface area (Å²) in [5, 5.41) is 0. The molecular weight excluding hydrogens is 164 g/mol. The number of nitrogens with zero attached hydrogens (tertiary/aromatic N) is 1. The molecule has 0 saturated heterocycles. The van der Waals surface area contributed by atoms with Crippen molar-refractivity contribution in [3.63, 3.8) is 0 Å². The van der Waals surface area contributed by atoms with Crippen LogP contribution in [-0.4, -0.2) is 4.98 Å². The summed E-state index contributed by atoms with van der Waals surface area (Å²) in [5.41, 5.74) is 9.39. The summed E-state index contributed by atoms with van der Waals surface area (Å²) in [6.07, 6.45) is 5.05. The lowest BCUT2D eigenvalue weighted by Crippen LogP contribution is -1.94. The Morgan fingerprint density at radius 3 is 2.92 bits per heavy atom. The van der Waals surface area contributed by atoms with E-state index in [9.17, 15) is 0 Å². The van der Waals surface area contributed by atoms with Crippen LogP contribution in [0, 0.1) is 6.92 Å². The molecule has 0 aliphatic heterocycles. The van der Waals surface area contributed by atoms with Crippen molar-refractivity contribution in [1.29, 1.82) is 0 Å². The van der Waals surface area contributed by atoms with Gasteiger partial charge < -0.3 is 10.2 Å². The zero-order valence-electron chi connectivity index (χ0n) is 7.32. The van der Waals surface area contributed by atoms with E-state index in [1.165, 1.54) is 0 Å². The van der Waals surface area contributed by atoms with Gasteiger partial charge in [-0.05, 0) is 19.1 Å². The van der Waals surface area contributed by atoms with Crippen molar-refractivity contribution in [2.75, 3.05) is 5.73 Å². The monoisotopic (exact) mass is 174 g/mol. The molecule has 0 amide bonds. The van der Waals surface area contributed by atoms with Crippen molar-refractivity contribution in [3.05, 3.63) is 36.5 Å². The highest BCUT2D eigenvalue weighted by molar-refractivity contribution is 5.76. The van der Waals surface area contributed by atoms with Crippen molar-refractivity contribution in [2.45, 2.75) is 6.92 Å². The minimum absolute atomic E-state index is 0.712. The third-order valence-corrected chi connectivity index (χ3v) is 2.02. The molecule has 0 aliphatic rings. The Hall–Kier alpha value is -1.77. The molecule has 3 nitrogen and oxygen atoms in total. The van der Waals surface area contributed by atoms with Gasteiger partial charge in [-0.2, -0.15) is 0 Å². The quantitative estimate of drug-likeness (QED) is 0.721. The van der Waals surface area contributed by atoms with Crippen LogP contribution in [0.5, 0.6) is 0 Å². The van der Waals surface area contributed by atoms with E-state index < -0.39 is 0 Å². The zero-order chi connectivity index (χ0) is 9.26. The molecule has 13 heavy (non-hydrogen) atoms. The summed E-state index contributed by atoms with van der Waals surface area (Å²) in [7, 11) is 0. The summed E-state index contributed by atoms with van der Waals surface area (Å²) in [4.78, 5) is 4.09. The van der Waals surface area contributed by atoms with Gasteiger partial charge in [-0.1, -0.05) is 0 Å². The Morgan fingerprint density at radius 1 is 1.38 bits per heavy atom. The van der Waals surface area contributed by atoms with Gasteiger partial charge in [-0.3, -0.25) is 4.98 Å². The zero-order valence-corrected chi connectivity index (χ0v) is 7.32. The Labute approximate surface area is 76.2 Å². The number of aromatic nitrogens is 1. The number of aryl methyl sites for hydroxylation is 1. The van der Waals surface area contributed by atoms with E-state index in [4.69, 9.17) is 10.2 Å². The van der Waals surface area contributed by atoms with E-state index in [0.29, 0.717) is 5.69 Å². The maximum atomic E-state index is 5.87. The number of nitrogens with two attached hydrogens (primary N) is 1. The third-order valence-electron chi connectivity index (χ3n) is 2.02. The molecule has 0 spiro atoms. The second kappa shape index (κ2) is 2.94. The van der Waals surface area contributed by atoms with E-state index in [0.717, 1.165) is 16.8 Å². The van der Waals surface area contributed by atoms with Gasteiger partial charge in [0.15, 0.2) is 0 Å². The normalized spacial score (nSPS) is 10.2. The molecule has 0 fully saturated rings. The highest BCUT2D eigenvalue weighted by atomic mass is 16.3. The maximum Gasteiger partial charge on any atom is 0.0981 e. The second-order valence-electron chi connectivity index (χ2n) is 2.87. The lowest BCUT2D eigenvalue weighted by atomic mass is 10.1. The van der Waals surface area contributed by atoms with Crippen LogP contribution in [0.25, 0.3) is 11.1 Å². The van der Waals surface area contributed by atoms with Gasteiger partial charge in [0.2, 0.25) is 0 Å². The predicted molar refractivity (Wildman–Crippen MR) is 51.1 cm³/mol. The molecule has 0 saturated carbocycles. The molecule has 0 radical (unpaired) electrons. The fraction of sp³-hybridized carbons (Fsp3) is 0.100. The number of hydrogen-bond acceptors (Lipinski definition) is 3. The number of hydrogen-bond donors (Lipinski definition) is 1. The number of furan rings is 1. The summed E-state index contributed by atoms with van der Waals surface area (Å²) < 4.78 is 4.99. The van der Waals surface area contributed by atoms with Gasteiger partial charge in [0.05, 0.1) is 23.9 Å². The van der Waals surface area contributed by atoms with Crippen molar-refractivity contribution in [3.8, 4) is 11.1 Å². The van der Waals surface area contributed by atoms with E-state index in [-0.39, 0.29) is 0 Å².